The topological polar surface area (TPSA) is 66.5 Å². The van der Waals surface area contributed by atoms with E-state index in [1.165, 1.54) is 17.0 Å². The van der Waals surface area contributed by atoms with Crippen molar-refractivity contribution in [2.24, 2.45) is 17.3 Å². The van der Waals surface area contributed by atoms with Gasteiger partial charge in [-0.3, -0.25) is 14.4 Å². The number of nitrogens with zero attached hydrogens (tertiary/aromatic N) is 1. The zero-order valence-electron chi connectivity index (χ0n) is 21.5. The molecule has 9 heteroatoms. The average molecular weight is 525 g/mol. The van der Waals surface area contributed by atoms with Gasteiger partial charge in [-0.05, 0) is 56.1 Å². The molecule has 1 N–H and O–H groups in total. The first-order valence-corrected chi connectivity index (χ1v) is 13.5. The summed E-state index contributed by atoms with van der Waals surface area (Å²) in [6.07, 6.45) is 0.660. The standard InChI is InChI=1S/C28H36F4N2O3/c1-17(2)24(35)23(18-8-4-3-5-9-18)33-25(36)21-12-6-11-20(22(21)29)19-10-7-15-34(16-19)26(37)27(13-14-27)28(30,31)32/h6,11-12,17-19,23H,3-5,7-10,13-16H2,1-2H3,(H,33,36)/t19?,23-/m1/s1. The number of ketones is 1. The maximum Gasteiger partial charge on any atom is 0.403 e. The molecule has 2 aliphatic carbocycles. The highest BCUT2D eigenvalue weighted by molar-refractivity contribution is 5.98. The van der Waals surface area contributed by atoms with Gasteiger partial charge < -0.3 is 10.2 Å². The molecule has 0 radical (unpaired) electrons. The molecule has 3 fully saturated rings. The van der Waals surface area contributed by atoms with Crippen LogP contribution < -0.4 is 5.32 Å². The van der Waals surface area contributed by atoms with Crippen molar-refractivity contribution in [1.82, 2.24) is 10.2 Å². The zero-order chi connectivity index (χ0) is 27.0. The monoisotopic (exact) mass is 524 g/mol. The lowest BCUT2D eigenvalue weighted by atomic mass is 9.80. The predicted octanol–water partition coefficient (Wildman–Crippen LogP) is 5.78. The van der Waals surface area contributed by atoms with Gasteiger partial charge in [-0.15, -0.1) is 0 Å². The van der Waals surface area contributed by atoms with E-state index in [1.807, 2.05) is 0 Å². The number of Topliss-reactive ketones (excluding diaryl/α,β-unsaturated/α-hetero) is 1. The molecular formula is C28H36F4N2O3. The Labute approximate surface area is 215 Å². The van der Waals surface area contributed by atoms with Crippen LogP contribution in [-0.4, -0.2) is 47.8 Å². The molecule has 0 aromatic heterocycles. The van der Waals surface area contributed by atoms with Gasteiger partial charge in [0.15, 0.2) is 5.78 Å². The summed E-state index contributed by atoms with van der Waals surface area (Å²) in [6, 6.07) is 3.75. The Bertz CT molecular complexity index is 1030. The molecule has 2 amide bonds. The number of alkyl halides is 3. The van der Waals surface area contributed by atoms with Crippen molar-refractivity contribution in [3.05, 3.63) is 35.1 Å². The summed E-state index contributed by atoms with van der Waals surface area (Å²) >= 11 is 0. The molecule has 5 nitrogen and oxygen atoms in total. The van der Waals surface area contributed by atoms with Crippen LogP contribution >= 0.6 is 0 Å². The number of halogens is 4. The van der Waals surface area contributed by atoms with Gasteiger partial charge in [-0.25, -0.2) is 4.39 Å². The van der Waals surface area contributed by atoms with Crippen molar-refractivity contribution in [2.45, 2.75) is 89.8 Å². The highest BCUT2D eigenvalue weighted by Crippen LogP contribution is 2.59. The molecule has 1 saturated heterocycles. The van der Waals surface area contributed by atoms with Crippen LogP contribution in [0.1, 0.15) is 93.5 Å². The summed E-state index contributed by atoms with van der Waals surface area (Å²) in [6.45, 7) is 3.75. The van der Waals surface area contributed by atoms with E-state index < -0.39 is 41.2 Å². The lowest BCUT2D eigenvalue weighted by molar-refractivity contribution is -0.199. The van der Waals surface area contributed by atoms with E-state index in [1.54, 1.807) is 19.9 Å². The summed E-state index contributed by atoms with van der Waals surface area (Å²) < 4.78 is 56.2. The normalized spacial score (nSPS) is 23.0. The maximum absolute atomic E-state index is 15.7. The van der Waals surface area contributed by atoms with Crippen molar-refractivity contribution in [3.8, 4) is 0 Å². The number of amides is 2. The number of benzene rings is 1. The molecular weight excluding hydrogens is 488 g/mol. The third-order valence-corrected chi connectivity index (χ3v) is 8.41. The van der Waals surface area contributed by atoms with Crippen LogP contribution in [-0.2, 0) is 9.59 Å². The Balaban J connectivity index is 1.52. The van der Waals surface area contributed by atoms with Crippen LogP contribution in [0.25, 0.3) is 0 Å². The predicted molar refractivity (Wildman–Crippen MR) is 130 cm³/mol. The fraction of sp³-hybridized carbons (Fsp3) is 0.679. The van der Waals surface area contributed by atoms with E-state index in [2.05, 4.69) is 5.32 Å². The van der Waals surface area contributed by atoms with Crippen LogP contribution in [0.15, 0.2) is 18.2 Å². The van der Waals surface area contributed by atoms with Crippen molar-refractivity contribution < 1.29 is 31.9 Å². The third kappa shape index (κ3) is 5.55. The third-order valence-electron chi connectivity index (χ3n) is 8.41. The van der Waals surface area contributed by atoms with Crippen LogP contribution in [0, 0.1) is 23.1 Å². The van der Waals surface area contributed by atoms with Gasteiger partial charge >= 0.3 is 6.18 Å². The lowest BCUT2D eigenvalue weighted by Gasteiger charge is -2.36. The van der Waals surface area contributed by atoms with Gasteiger partial charge in [0.05, 0.1) is 11.6 Å². The molecule has 1 aliphatic heterocycles. The first kappa shape index (κ1) is 27.6. The molecule has 37 heavy (non-hydrogen) atoms. The SMILES string of the molecule is CC(C)C(=O)[C@H](NC(=O)c1cccc(C2CCCN(C(=O)C3(C(F)(F)F)CC3)C2)c1F)C1CCCCC1. The smallest absolute Gasteiger partial charge is 0.342 e. The fourth-order valence-electron chi connectivity index (χ4n) is 5.97. The molecule has 2 saturated carbocycles. The molecule has 3 aliphatic rings. The highest BCUT2D eigenvalue weighted by atomic mass is 19.4. The van der Waals surface area contributed by atoms with E-state index >= 15 is 4.39 Å². The van der Waals surface area contributed by atoms with E-state index in [4.69, 9.17) is 0 Å². The van der Waals surface area contributed by atoms with E-state index in [-0.39, 0.29) is 54.7 Å². The van der Waals surface area contributed by atoms with Gasteiger partial charge in [0.25, 0.3) is 5.91 Å². The quantitative estimate of drug-likeness (QED) is 0.460. The molecule has 1 heterocycles. The first-order valence-electron chi connectivity index (χ1n) is 13.5. The maximum atomic E-state index is 15.7. The summed E-state index contributed by atoms with van der Waals surface area (Å²) in [5, 5.41) is 2.81. The van der Waals surface area contributed by atoms with Crippen molar-refractivity contribution in [2.75, 3.05) is 13.1 Å². The second-order valence-corrected chi connectivity index (χ2v) is 11.3. The van der Waals surface area contributed by atoms with Crippen molar-refractivity contribution in [1.29, 1.82) is 0 Å². The van der Waals surface area contributed by atoms with Crippen LogP contribution in [0.2, 0.25) is 0 Å². The number of hydrogen-bond donors (Lipinski definition) is 1. The minimum Gasteiger partial charge on any atom is -0.342 e. The van der Waals surface area contributed by atoms with Gasteiger partial charge in [-0.2, -0.15) is 13.2 Å². The van der Waals surface area contributed by atoms with E-state index in [0.29, 0.717) is 12.8 Å². The Kier molecular flexibility index (Phi) is 8.00. The second-order valence-electron chi connectivity index (χ2n) is 11.3. The second kappa shape index (κ2) is 10.7. The summed E-state index contributed by atoms with van der Waals surface area (Å²) in [5.74, 6) is -3.18. The minimum absolute atomic E-state index is 0.0140. The Hall–Kier alpha value is -2.45. The number of hydrogen-bond acceptors (Lipinski definition) is 3. The van der Waals surface area contributed by atoms with E-state index in [9.17, 15) is 27.6 Å². The van der Waals surface area contributed by atoms with Crippen molar-refractivity contribution in [3.63, 3.8) is 0 Å². The minimum atomic E-state index is -4.59. The lowest BCUT2D eigenvalue weighted by Crippen LogP contribution is -2.48. The van der Waals surface area contributed by atoms with Crippen molar-refractivity contribution >= 4 is 17.6 Å². The fourth-order valence-corrected chi connectivity index (χ4v) is 5.97. The Morgan fingerprint density at radius 1 is 1.03 bits per heavy atom. The number of likely N-dealkylation sites (tertiary alicyclic amines) is 1. The summed E-state index contributed by atoms with van der Waals surface area (Å²) in [4.78, 5) is 40.1. The molecule has 4 rings (SSSR count). The van der Waals surface area contributed by atoms with Gasteiger partial charge in [0.2, 0.25) is 5.91 Å². The molecule has 1 aromatic rings. The average Bonchev–Trinajstić information content (AvgIpc) is 3.69. The highest BCUT2D eigenvalue weighted by Gasteiger charge is 2.69. The number of piperidine rings is 1. The number of carbonyl (C=O) groups is 3. The first-order chi connectivity index (χ1) is 17.5. The molecule has 1 aromatic carbocycles. The van der Waals surface area contributed by atoms with Gasteiger partial charge in [-0.1, -0.05) is 45.2 Å². The molecule has 204 valence electrons. The molecule has 0 spiro atoms. The van der Waals surface area contributed by atoms with E-state index in [0.717, 1.165) is 32.1 Å². The molecule has 1 unspecified atom stereocenters. The largest absolute Gasteiger partial charge is 0.403 e. The van der Waals surface area contributed by atoms with Crippen LogP contribution in [0.5, 0.6) is 0 Å². The van der Waals surface area contributed by atoms with Crippen LogP contribution in [0.3, 0.4) is 0 Å². The number of carbonyl (C=O) groups excluding carboxylic acids is 3. The summed E-state index contributed by atoms with van der Waals surface area (Å²) in [7, 11) is 0. The Morgan fingerprint density at radius 3 is 2.30 bits per heavy atom. The van der Waals surface area contributed by atoms with Crippen LogP contribution in [0.4, 0.5) is 17.6 Å². The summed E-state index contributed by atoms with van der Waals surface area (Å²) in [5.41, 5.74) is -2.27. The number of nitrogens with one attached hydrogen (secondary N) is 1. The van der Waals surface area contributed by atoms with Gasteiger partial charge in [0, 0.05) is 24.9 Å². The zero-order valence-corrected chi connectivity index (χ0v) is 21.5. The number of rotatable bonds is 7. The molecule has 2 atom stereocenters. The molecule has 0 bridgehead atoms. The van der Waals surface area contributed by atoms with Gasteiger partial charge in [0.1, 0.15) is 11.2 Å². The Morgan fingerprint density at radius 2 is 1.70 bits per heavy atom.